The summed E-state index contributed by atoms with van der Waals surface area (Å²) in [6.45, 7) is 4.30. The first-order valence-corrected chi connectivity index (χ1v) is 8.04. The number of benzene rings is 2. The predicted octanol–water partition coefficient (Wildman–Crippen LogP) is 2.32. The van der Waals surface area contributed by atoms with Gasteiger partial charge in [0, 0.05) is 36.5 Å². The van der Waals surface area contributed by atoms with Crippen molar-refractivity contribution in [3.05, 3.63) is 35.9 Å². The highest BCUT2D eigenvalue weighted by Crippen LogP contribution is 2.36. The molecule has 1 aliphatic rings. The van der Waals surface area contributed by atoms with Crippen LogP contribution in [0.25, 0.3) is 22.4 Å². The average Bonchev–Trinajstić information content (AvgIpc) is 2.93. The van der Waals surface area contributed by atoms with Crippen molar-refractivity contribution in [1.82, 2.24) is 9.55 Å². The maximum atomic E-state index is 6.07. The molecule has 0 bridgehead atoms. The van der Waals surface area contributed by atoms with Crippen molar-refractivity contribution in [1.29, 1.82) is 0 Å². The van der Waals surface area contributed by atoms with Gasteiger partial charge in [-0.15, -0.1) is 0 Å². The highest BCUT2D eigenvalue weighted by molar-refractivity contribution is 5.84. The van der Waals surface area contributed by atoms with Gasteiger partial charge in [-0.05, 0) is 18.6 Å². The third-order valence-electron chi connectivity index (χ3n) is 4.30. The van der Waals surface area contributed by atoms with E-state index < -0.39 is 0 Å². The molecule has 6 heteroatoms. The van der Waals surface area contributed by atoms with E-state index in [1.54, 1.807) is 0 Å². The van der Waals surface area contributed by atoms with Gasteiger partial charge in [0.25, 0.3) is 0 Å². The molecule has 0 radical (unpaired) electrons. The van der Waals surface area contributed by atoms with Crippen LogP contribution in [0.4, 0.5) is 5.69 Å². The summed E-state index contributed by atoms with van der Waals surface area (Å²) in [4.78, 5) is 4.80. The number of aryl methyl sites for hydroxylation is 1. The van der Waals surface area contributed by atoms with Crippen molar-refractivity contribution < 1.29 is 9.47 Å². The number of ether oxygens (including phenoxy) is 2. The molecule has 24 heavy (non-hydrogen) atoms. The Kier molecular flexibility index (Phi) is 3.54. The van der Waals surface area contributed by atoms with Gasteiger partial charge in [0.2, 0.25) is 0 Å². The SMILES string of the molecule is Cc1ccc(-c2nc3cc4c(cc3n2CCN)OCCO4)cc1N. The third-order valence-corrected chi connectivity index (χ3v) is 4.30. The maximum Gasteiger partial charge on any atom is 0.163 e. The van der Waals surface area contributed by atoms with Crippen molar-refractivity contribution in [2.45, 2.75) is 13.5 Å². The van der Waals surface area contributed by atoms with Gasteiger partial charge in [0.15, 0.2) is 11.5 Å². The molecule has 4 rings (SSSR count). The standard InChI is InChI=1S/C18H20N4O2/c1-11-2-3-12(8-13(11)20)18-21-14-9-16-17(24-7-6-23-16)10-15(14)22(18)5-4-19/h2-3,8-10H,4-7,19-20H2,1H3. The molecule has 0 saturated carbocycles. The molecule has 0 unspecified atom stereocenters. The summed E-state index contributed by atoms with van der Waals surface area (Å²) in [6.07, 6.45) is 0. The molecule has 0 amide bonds. The van der Waals surface area contributed by atoms with Crippen LogP contribution in [0.2, 0.25) is 0 Å². The summed E-state index contributed by atoms with van der Waals surface area (Å²) >= 11 is 0. The number of anilines is 1. The topological polar surface area (TPSA) is 88.3 Å². The Balaban J connectivity index is 1.93. The molecule has 0 aliphatic carbocycles. The summed E-state index contributed by atoms with van der Waals surface area (Å²) in [5.74, 6) is 2.34. The fourth-order valence-electron chi connectivity index (χ4n) is 3.02. The van der Waals surface area contributed by atoms with Gasteiger partial charge in [-0.1, -0.05) is 12.1 Å². The van der Waals surface area contributed by atoms with Gasteiger partial charge in [0.05, 0.1) is 11.0 Å². The van der Waals surface area contributed by atoms with Gasteiger partial charge in [-0.3, -0.25) is 0 Å². The Labute approximate surface area is 140 Å². The zero-order valence-corrected chi connectivity index (χ0v) is 13.6. The number of imidazole rings is 1. The lowest BCUT2D eigenvalue weighted by molar-refractivity contribution is 0.172. The molecule has 6 nitrogen and oxygen atoms in total. The van der Waals surface area contributed by atoms with E-state index in [0.29, 0.717) is 26.3 Å². The lowest BCUT2D eigenvalue weighted by atomic mass is 10.1. The number of nitrogens with two attached hydrogens (primary N) is 2. The Bertz CT molecular complexity index is 917. The Morgan fingerprint density at radius 2 is 1.88 bits per heavy atom. The zero-order valence-electron chi connectivity index (χ0n) is 13.6. The Morgan fingerprint density at radius 3 is 2.58 bits per heavy atom. The van der Waals surface area contributed by atoms with Gasteiger partial charge < -0.3 is 25.5 Å². The quantitative estimate of drug-likeness (QED) is 0.722. The molecule has 4 N–H and O–H groups in total. The molecule has 0 saturated heterocycles. The number of fused-ring (bicyclic) bond motifs is 2. The van der Waals surface area contributed by atoms with Crippen LogP contribution in [0.1, 0.15) is 5.56 Å². The summed E-state index contributed by atoms with van der Waals surface area (Å²) < 4.78 is 13.5. The van der Waals surface area contributed by atoms with Crippen LogP contribution in [-0.2, 0) is 6.54 Å². The van der Waals surface area contributed by atoms with E-state index in [1.807, 2.05) is 37.3 Å². The largest absolute Gasteiger partial charge is 0.486 e. The molecular weight excluding hydrogens is 304 g/mol. The van der Waals surface area contributed by atoms with Crippen LogP contribution in [0.5, 0.6) is 11.5 Å². The molecule has 1 aromatic heterocycles. The first-order valence-electron chi connectivity index (χ1n) is 8.04. The number of nitrogens with zero attached hydrogens (tertiary/aromatic N) is 2. The minimum atomic E-state index is 0.522. The summed E-state index contributed by atoms with van der Waals surface area (Å²) in [5, 5.41) is 0. The van der Waals surface area contributed by atoms with E-state index in [-0.39, 0.29) is 0 Å². The van der Waals surface area contributed by atoms with Crippen LogP contribution in [0, 0.1) is 6.92 Å². The number of nitrogen functional groups attached to an aromatic ring is 1. The Hall–Kier alpha value is -2.73. The second kappa shape index (κ2) is 5.72. The van der Waals surface area contributed by atoms with Crippen molar-refractivity contribution in [3.63, 3.8) is 0 Å². The fraction of sp³-hybridized carbons (Fsp3) is 0.278. The summed E-state index contributed by atoms with van der Waals surface area (Å²) in [7, 11) is 0. The van der Waals surface area contributed by atoms with Crippen LogP contribution in [0.15, 0.2) is 30.3 Å². The lowest BCUT2D eigenvalue weighted by Gasteiger charge is -2.18. The molecule has 2 heterocycles. The van der Waals surface area contributed by atoms with Gasteiger partial charge in [-0.25, -0.2) is 4.98 Å². The van der Waals surface area contributed by atoms with E-state index in [0.717, 1.165) is 45.2 Å². The van der Waals surface area contributed by atoms with E-state index in [4.69, 9.17) is 25.9 Å². The predicted molar refractivity (Wildman–Crippen MR) is 94.4 cm³/mol. The second-order valence-electron chi connectivity index (χ2n) is 5.93. The number of hydrogen-bond donors (Lipinski definition) is 2. The summed E-state index contributed by atoms with van der Waals surface area (Å²) in [6, 6.07) is 9.91. The highest BCUT2D eigenvalue weighted by Gasteiger charge is 2.19. The minimum absolute atomic E-state index is 0.522. The molecule has 124 valence electrons. The average molecular weight is 324 g/mol. The van der Waals surface area contributed by atoms with E-state index >= 15 is 0 Å². The van der Waals surface area contributed by atoms with Gasteiger partial charge in [0.1, 0.15) is 19.0 Å². The van der Waals surface area contributed by atoms with Crippen molar-refractivity contribution in [2.24, 2.45) is 5.73 Å². The minimum Gasteiger partial charge on any atom is -0.486 e. The zero-order chi connectivity index (χ0) is 16.7. The molecular formula is C18H20N4O2. The fourth-order valence-corrected chi connectivity index (χ4v) is 3.02. The molecule has 1 aliphatic heterocycles. The highest BCUT2D eigenvalue weighted by atomic mass is 16.6. The van der Waals surface area contributed by atoms with E-state index in [1.165, 1.54) is 0 Å². The molecule has 3 aromatic rings. The normalized spacial score (nSPS) is 13.4. The first kappa shape index (κ1) is 14.8. The van der Waals surface area contributed by atoms with Gasteiger partial charge >= 0.3 is 0 Å². The molecule has 2 aromatic carbocycles. The van der Waals surface area contributed by atoms with Crippen LogP contribution in [-0.4, -0.2) is 29.3 Å². The van der Waals surface area contributed by atoms with E-state index in [2.05, 4.69) is 4.57 Å². The number of hydrogen-bond acceptors (Lipinski definition) is 5. The van der Waals surface area contributed by atoms with Crippen LogP contribution < -0.4 is 20.9 Å². The van der Waals surface area contributed by atoms with Gasteiger partial charge in [-0.2, -0.15) is 0 Å². The maximum absolute atomic E-state index is 6.07. The van der Waals surface area contributed by atoms with Crippen molar-refractivity contribution >= 4 is 16.7 Å². The first-order chi connectivity index (χ1) is 11.7. The van der Waals surface area contributed by atoms with Crippen molar-refractivity contribution in [2.75, 3.05) is 25.5 Å². The van der Waals surface area contributed by atoms with E-state index in [9.17, 15) is 0 Å². The van der Waals surface area contributed by atoms with Crippen molar-refractivity contribution in [3.8, 4) is 22.9 Å². The Morgan fingerprint density at radius 1 is 1.12 bits per heavy atom. The second-order valence-corrected chi connectivity index (χ2v) is 5.93. The smallest absolute Gasteiger partial charge is 0.163 e. The third kappa shape index (κ3) is 2.35. The monoisotopic (exact) mass is 324 g/mol. The molecule has 0 spiro atoms. The van der Waals surface area contributed by atoms with Crippen LogP contribution >= 0.6 is 0 Å². The molecule has 0 atom stereocenters. The number of aromatic nitrogens is 2. The summed E-state index contributed by atoms with van der Waals surface area (Å²) in [5.41, 5.74) is 16.5. The molecule has 0 fully saturated rings. The van der Waals surface area contributed by atoms with Crippen LogP contribution in [0.3, 0.4) is 0 Å². The number of rotatable bonds is 3. The lowest BCUT2D eigenvalue weighted by Crippen LogP contribution is -2.15.